The number of benzene rings is 2. The van der Waals surface area contributed by atoms with Crippen molar-refractivity contribution in [3.05, 3.63) is 75.8 Å². The van der Waals surface area contributed by atoms with Gasteiger partial charge in [-0.05, 0) is 66.8 Å². The van der Waals surface area contributed by atoms with Crippen molar-refractivity contribution in [2.75, 3.05) is 26.2 Å². The van der Waals surface area contributed by atoms with Gasteiger partial charge in [0.1, 0.15) is 11.6 Å². The first-order valence-corrected chi connectivity index (χ1v) is 9.95. The fraction of sp³-hybridized carbons (Fsp3) is 0.348. The van der Waals surface area contributed by atoms with Crippen molar-refractivity contribution < 1.29 is 9.13 Å². The van der Waals surface area contributed by atoms with Crippen molar-refractivity contribution in [1.82, 2.24) is 9.88 Å². The van der Waals surface area contributed by atoms with Gasteiger partial charge in [-0.15, -0.1) is 0 Å². The van der Waals surface area contributed by atoms with Crippen LogP contribution < -0.4 is 10.3 Å². The van der Waals surface area contributed by atoms with Crippen molar-refractivity contribution in [3.63, 3.8) is 0 Å². The second kappa shape index (κ2) is 7.06. The first-order chi connectivity index (χ1) is 13.7. The van der Waals surface area contributed by atoms with Crippen molar-refractivity contribution in [2.24, 2.45) is 0 Å². The lowest BCUT2D eigenvalue weighted by Gasteiger charge is -2.36. The highest BCUT2D eigenvalue weighted by molar-refractivity contribution is 5.89. The summed E-state index contributed by atoms with van der Waals surface area (Å²) in [6.45, 7) is 3.67. The number of hydrogen-bond acceptors (Lipinski definition) is 3. The summed E-state index contributed by atoms with van der Waals surface area (Å²) >= 11 is 0. The highest BCUT2D eigenvalue weighted by Crippen LogP contribution is 2.49. The molecule has 0 saturated carbocycles. The molecule has 2 atom stereocenters. The number of hydrogen-bond donors (Lipinski definition) is 1. The zero-order valence-corrected chi connectivity index (χ0v) is 15.7. The van der Waals surface area contributed by atoms with Crippen molar-refractivity contribution in [1.29, 1.82) is 0 Å². The quantitative estimate of drug-likeness (QED) is 0.682. The van der Waals surface area contributed by atoms with E-state index in [-0.39, 0.29) is 11.4 Å². The van der Waals surface area contributed by atoms with Crippen molar-refractivity contribution >= 4 is 10.9 Å². The molecule has 1 aliphatic heterocycles. The fourth-order valence-electron chi connectivity index (χ4n) is 4.90. The van der Waals surface area contributed by atoms with Gasteiger partial charge in [0.2, 0.25) is 5.56 Å². The number of aromatic nitrogens is 1. The molecule has 144 valence electrons. The van der Waals surface area contributed by atoms with E-state index in [1.807, 2.05) is 12.1 Å². The lowest BCUT2D eigenvalue weighted by Crippen LogP contribution is -2.37. The average Bonchev–Trinajstić information content (AvgIpc) is 3.01. The number of piperidine rings is 1. The molecule has 4 nitrogen and oxygen atoms in total. The zero-order valence-electron chi connectivity index (χ0n) is 15.7. The van der Waals surface area contributed by atoms with Gasteiger partial charge in [0.25, 0.3) is 0 Å². The predicted molar refractivity (Wildman–Crippen MR) is 108 cm³/mol. The monoisotopic (exact) mass is 378 g/mol. The number of rotatable bonds is 5. The van der Waals surface area contributed by atoms with Gasteiger partial charge in [0.05, 0.1) is 6.61 Å². The molecule has 28 heavy (non-hydrogen) atoms. The van der Waals surface area contributed by atoms with Crippen LogP contribution >= 0.6 is 0 Å². The molecule has 2 aromatic carbocycles. The van der Waals surface area contributed by atoms with Crippen LogP contribution in [0.2, 0.25) is 0 Å². The Kier molecular flexibility index (Phi) is 4.40. The highest BCUT2D eigenvalue weighted by atomic mass is 19.1. The Morgan fingerprint density at radius 2 is 1.96 bits per heavy atom. The van der Waals surface area contributed by atoms with Gasteiger partial charge in [0, 0.05) is 36.0 Å². The van der Waals surface area contributed by atoms with Crippen LogP contribution in [-0.4, -0.2) is 36.1 Å². The maximum Gasteiger partial charge on any atom is 0.248 e. The third kappa shape index (κ3) is 3.10. The zero-order chi connectivity index (χ0) is 19.1. The van der Waals surface area contributed by atoms with Crippen LogP contribution in [0, 0.1) is 5.82 Å². The van der Waals surface area contributed by atoms with Gasteiger partial charge in [-0.25, -0.2) is 4.39 Å². The van der Waals surface area contributed by atoms with E-state index in [2.05, 4.69) is 22.0 Å². The molecular weight excluding hydrogens is 355 g/mol. The number of halogens is 1. The maximum absolute atomic E-state index is 12.9. The number of H-pyrrole nitrogens is 1. The molecule has 3 aromatic rings. The lowest BCUT2D eigenvalue weighted by molar-refractivity contribution is 0.178. The van der Waals surface area contributed by atoms with Crippen LogP contribution in [0.3, 0.4) is 0 Å². The molecule has 5 heteroatoms. The first kappa shape index (κ1) is 17.4. The Bertz CT molecular complexity index is 1060. The summed E-state index contributed by atoms with van der Waals surface area (Å²) in [6.07, 6.45) is 2.01. The predicted octanol–water partition coefficient (Wildman–Crippen LogP) is 4.02. The molecule has 1 aliphatic carbocycles. The van der Waals surface area contributed by atoms with E-state index in [9.17, 15) is 9.18 Å². The number of ether oxygens (including phenoxy) is 1. The maximum atomic E-state index is 12.9. The summed E-state index contributed by atoms with van der Waals surface area (Å²) in [5.74, 6) is 1.38. The largest absolute Gasteiger partial charge is 0.494 e. The summed E-state index contributed by atoms with van der Waals surface area (Å²) in [5, 5.41) is 1.26. The summed E-state index contributed by atoms with van der Waals surface area (Å²) in [5.41, 5.74) is 3.58. The highest BCUT2D eigenvalue weighted by Gasteiger charge is 2.38. The summed E-state index contributed by atoms with van der Waals surface area (Å²) < 4.78 is 18.7. The van der Waals surface area contributed by atoms with Gasteiger partial charge < -0.3 is 14.6 Å². The van der Waals surface area contributed by atoms with E-state index in [1.54, 1.807) is 12.1 Å². The molecule has 0 bridgehead atoms. The molecule has 0 radical (unpaired) electrons. The van der Waals surface area contributed by atoms with Crippen LogP contribution in [0.15, 0.2) is 53.3 Å². The molecule has 0 spiro atoms. The molecule has 0 amide bonds. The number of likely N-dealkylation sites (tertiary alicyclic amines) is 1. The number of nitrogens with zero attached hydrogens (tertiary/aromatic N) is 1. The summed E-state index contributed by atoms with van der Waals surface area (Å²) in [6, 6.07) is 14.3. The smallest absolute Gasteiger partial charge is 0.248 e. The molecule has 1 fully saturated rings. The van der Waals surface area contributed by atoms with Crippen LogP contribution in [0.5, 0.6) is 5.75 Å². The molecular formula is C23H23FN2O2. The van der Waals surface area contributed by atoms with Crippen LogP contribution in [0.25, 0.3) is 10.9 Å². The minimum Gasteiger partial charge on any atom is -0.494 e. The minimum atomic E-state index is -0.246. The van der Waals surface area contributed by atoms with Gasteiger partial charge in [-0.3, -0.25) is 4.79 Å². The second-order valence-corrected chi connectivity index (χ2v) is 7.82. The summed E-state index contributed by atoms with van der Waals surface area (Å²) in [4.78, 5) is 17.5. The first-order valence-electron chi connectivity index (χ1n) is 9.95. The molecule has 1 saturated heterocycles. The van der Waals surface area contributed by atoms with Gasteiger partial charge >= 0.3 is 0 Å². The van der Waals surface area contributed by atoms with E-state index in [0.717, 1.165) is 38.0 Å². The van der Waals surface area contributed by atoms with Crippen LogP contribution in [0.4, 0.5) is 4.39 Å². The number of nitrogens with one attached hydrogen (secondary N) is 1. The van der Waals surface area contributed by atoms with Crippen LogP contribution in [-0.2, 0) is 0 Å². The molecule has 1 aromatic heterocycles. The van der Waals surface area contributed by atoms with Gasteiger partial charge in [0.15, 0.2) is 0 Å². The Hall–Kier alpha value is -2.66. The normalized spacial score (nSPS) is 21.0. The van der Waals surface area contributed by atoms with E-state index >= 15 is 0 Å². The Morgan fingerprint density at radius 3 is 2.82 bits per heavy atom. The van der Waals surface area contributed by atoms with E-state index in [0.29, 0.717) is 24.2 Å². The van der Waals surface area contributed by atoms with Gasteiger partial charge in [-0.1, -0.05) is 12.1 Å². The third-order valence-electron chi connectivity index (χ3n) is 6.13. The third-order valence-corrected chi connectivity index (χ3v) is 6.13. The SMILES string of the molecule is O=c1cc2c3c(cccc3[nH]1)C1CN(CCCOc3ccc(F)cc3)CCC21. The average molecular weight is 378 g/mol. The fourth-order valence-corrected chi connectivity index (χ4v) is 4.90. The Labute approximate surface area is 162 Å². The van der Waals surface area contributed by atoms with Crippen molar-refractivity contribution in [3.8, 4) is 5.75 Å². The van der Waals surface area contributed by atoms with Crippen molar-refractivity contribution in [2.45, 2.75) is 24.7 Å². The molecule has 2 aliphatic rings. The Balaban J connectivity index is 1.23. The van der Waals surface area contributed by atoms with Gasteiger partial charge in [-0.2, -0.15) is 0 Å². The molecule has 2 heterocycles. The lowest BCUT2D eigenvalue weighted by atomic mass is 9.83. The Morgan fingerprint density at radius 1 is 1.11 bits per heavy atom. The molecule has 1 N–H and O–H groups in total. The van der Waals surface area contributed by atoms with E-state index < -0.39 is 0 Å². The standard InChI is InChI=1S/C23H23FN2O2/c24-15-5-7-16(8-6-15)28-12-2-10-26-11-9-17-19-13-22(27)25-21-4-1-3-18(23(19)21)20(17)14-26/h1,3-8,13,17,20H,2,9-12,14H2,(H,25,27). The molecule has 5 rings (SSSR count). The summed E-state index contributed by atoms with van der Waals surface area (Å²) in [7, 11) is 0. The number of fused-ring (bicyclic) bond motifs is 3. The second-order valence-electron chi connectivity index (χ2n) is 7.82. The molecule has 2 unspecified atom stereocenters. The van der Waals surface area contributed by atoms with Crippen LogP contribution in [0.1, 0.15) is 35.8 Å². The van der Waals surface area contributed by atoms with E-state index in [4.69, 9.17) is 4.74 Å². The topological polar surface area (TPSA) is 45.3 Å². The van der Waals surface area contributed by atoms with E-state index in [1.165, 1.54) is 28.6 Å². The number of pyridine rings is 1. The number of aromatic amines is 1. The minimum absolute atomic E-state index is 0.000622.